The zero-order valence-electron chi connectivity index (χ0n) is 19.9. The second-order valence-electron chi connectivity index (χ2n) is 9.57. The van der Waals surface area contributed by atoms with Crippen molar-refractivity contribution in [1.82, 2.24) is 24.9 Å². The molecule has 2 aromatic rings. The highest BCUT2D eigenvalue weighted by atomic mass is 32.2. The van der Waals surface area contributed by atoms with E-state index in [-0.39, 0.29) is 23.3 Å². The predicted molar refractivity (Wildman–Crippen MR) is 135 cm³/mol. The van der Waals surface area contributed by atoms with Gasteiger partial charge in [-0.3, -0.25) is 9.82 Å². The van der Waals surface area contributed by atoms with E-state index in [1.165, 1.54) is 0 Å². The molecule has 4 aliphatic rings. The smallest absolute Gasteiger partial charge is 0.235 e. The third-order valence-electron chi connectivity index (χ3n) is 6.53. The van der Waals surface area contributed by atoms with E-state index in [2.05, 4.69) is 25.6 Å². The van der Waals surface area contributed by atoms with Crippen LogP contribution >= 0.6 is 0 Å². The zero-order valence-corrected chi connectivity index (χ0v) is 20.7. The average Bonchev–Trinajstić information content (AvgIpc) is 3.52. The predicted octanol–water partition coefficient (Wildman–Crippen LogP) is 2.73. The first kappa shape index (κ1) is 23.0. The van der Waals surface area contributed by atoms with Gasteiger partial charge in [0, 0.05) is 48.7 Å². The lowest BCUT2D eigenvalue weighted by atomic mass is 9.97. The van der Waals surface area contributed by atoms with Gasteiger partial charge < -0.3 is 20.1 Å². The van der Waals surface area contributed by atoms with Crippen molar-refractivity contribution in [2.24, 2.45) is 5.92 Å². The molecule has 12 heteroatoms. The molecule has 2 unspecified atom stereocenters. The highest BCUT2D eigenvalue weighted by molar-refractivity contribution is 7.90. The van der Waals surface area contributed by atoms with Crippen LogP contribution in [0.2, 0.25) is 0 Å². The summed E-state index contributed by atoms with van der Waals surface area (Å²) in [6.45, 7) is 3.37. The number of anilines is 3. The Morgan fingerprint density at radius 2 is 1.83 bits per heavy atom. The minimum Gasteiger partial charge on any atom is -0.482 e. The average molecular weight is 512 g/mol. The summed E-state index contributed by atoms with van der Waals surface area (Å²) in [6.07, 6.45) is 10.4. The molecule has 0 radical (unpaired) electrons. The van der Waals surface area contributed by atoms with E-state index in [4.69, 9.17) is 19.4 Å². The van der Waals surface area contributed by atoms with Crippen molar-refractivity contribution in [2.75, 3.05) is 23.8 Å². The van der Waals surface area contributed by atoms with Gasteiger partial charge in [-0.25, -0.2) is 18.4 Å². The zero-order chi connectivity index (χ0) is 24.7. The molecule has 2 aromatic heterocycles. The van der Waals surface area contributed by atoms with Gasteiger partial charge in [0.1, 0.15) is 17.7 Å². The standard InChI is InChI=1S/C24H29N7O4S/c1-14-10-23(30-29-14)26-22-13-21(25-16-6-8-34-9-7-16)27-24(28-22)20-12-15-11-17(2-5-19(15)35-20)31-36(32,33)18-3-4-18/h2,5,10-13,15-16,18-19,31H,3-4,6-9H2,1H3,(H3,25,26,27,28,29,30). The summed E-state index contributed by atoms with van der Waals surface area (Å²) in [5, 5.41) is 13.6. The van der Waals surface area contributed by atoms with E-state index in [9.17, 15) is 8.42 Å². The maximum atomic E-state index is 12.3. The number of sulfonamides is 1. The Balaban J connectivity index is 1.26. The van der Waals surface area contributed by atoms with Gasteiger partial charge in [0.15, 0.2) is 17.4 Å². The summed E-state index contributed by atoms with van der Waals surface area (Å²) in [5.41, 5.74) is 1.50. The molecule has 2 atom stereocenters. The molecule has 2 fully saturated rings. The summed E-state index contributed by atoms with van der Waals surface area (Å²) in [4.78, 5) is 9.43. The number of nitrogens with one attached hydrogen (secondary N) is 4. The lowest BCUT2D eigenvalue weighted by Crippen LogP contribution is -2.28. The molecule has 0 amide bonds. The number of aryl methyl sites for hydroxylation is 1. The van der Waals surface area contributed by atoms with Crippen molar-refractivity contribution >= 4 is 33.2 Å². The summed E-state index contributed by atoms with van der Waals surface area (Å²) < 4.78 is 39.1. The number of ether oxygens (including phenoxy) is 2. The van der Waals surface area contributed by atoms with Crippen molar-refractivity contribution in [2.45, 2.75) is 50.0 Å². The van der Waals surface area contributed by atoms with Gasteiger partial charge in [0.2, 0.25) is 10.0 Å². The van der Waals surface area contributed by atoms with Gasteiger partial charge in [0.05, 0.1) is 5.25 Å². The molecule has 4 N–H and O–H groups in total. The van der Waals surface area contributed by atoms with Crippen LogP contribution in [0.15, 0.2) is 42.1 Å². The monoisotopic (exact) mass is 511 g/mol. The molecule has 2 aliphatic carbocycles. The second-order valence-corrected chi connectivity index (χ2v) is 11.5. The summed E-state index contributed by atoms with van der Waals surface area (Å²) >= 11 is 0. The minimum absolute atomic E-state index is 0.122. The SMILES string of the molecule is Cc1cc(Nc2cc(NC3CCOCC3)nc(C3=CC4C=C(NS(=O)(=O)C5CC5)C=CC4O3)n2)n[nH]1. The molecule has 1 saturated carbocycles. The largest absolute Gasteiger partial charge is 0.482 e. The molecule has 6 rings (SSSR count). The number of nitrogens with zero attached hydrogens (tertiary/aromatic N) is 3. The van der Waals surface area contributed by atoms with E-state index in [0.29, 0.717) is 34.7 Å². The van der Waals surface area contributed by atoms with Gasteiger partial charge in [-0.2, -0.15) is 5.10 Å². The van der Waals surface area contributed by atoms with Crippen LogP contribution in [0, 0.1) is 12.8 Å². The maximum Gasteiger partial charge on any atom is 0.235 e. The lowest BCUT2D eigenvalue weighted by molar-refractivity contribution is 0.0904. The van der Waals surface area contributed by atoms with Crippen molar-refractivity contribution in [3.8, 4) is 0 Å². The number of aromatic amines is 1. The highest BCUT2D eigenvalue weighted by Crippen LogP contribution is 2.35. The Morgan fingerprint density at radius 1 is 1.03 bits per heavy atom. The van der Waals surface area contributed by atoms with Crippen molar-refractivity contribution in [3.05, 3.63) is 53.7 Å². The van der Waals surface area contributed by atoms with E-state index in [0.717, 1.165) is 44.6 Å². The number of fused-ring (bicyclic) bond motifs is 1. The Labute approximate surface area is 209 Å². The number of hydrogen-bond acceptors (Lipinski definition) is 9. The van der Waals surface area contributed by atoms with E-state index < -0.39 is 10.0 Å². The van der Waals surface area contributed by atoms with Crippen molar-refractivity contribution < 1.29 is 17.9 Å². The van der Waals surface area contributed by atoms with Gasteiger partial charge in [-0.05, 0) is 56.9 Å². The van der Waals surface area contributed by atoms with E-state index in [1.54, 1.807) is 6.08 Å². The lowest BCUT2D eigenvalue weighted by Gasteiger charge is -2.24. The molecule has 0 aromatic carbocycles. The number of allylic oxidation sites excluding steroid dienone is 1. The van der Waals surface area contributed by atoms with Crippen LogP contribution < -0.4 is 15.4 Å². The van der Waals surface area contributed by atoms with Crippen molar-refractivity contribution in [3.63, 3.8) is 0 Å². The van der Waals surface area contributed by atoms with Crippen LogP contribution in [0.4, 0.5) is 17.5 Å². The van der Waals surface area contributed by atoms with Gasteiger partial charge in [0.25, 0.3) is 0 Å². The molecule has 36 heavy (non-hydrogen) atoms. The first-order valence-electron chi connectivity index (χ1n) is 12.2. The van der Waals surface area contributed by atoms with Crippen molar-refractivity contribution in [1.29, 1.82) is 0 Å². The topological polar surface area (TPSA) is 143 Å². The van der Waals surface area contributed by atoms with Crippen LogP contribution in [0.25, 0.3) is 5.76 Å². The fraction of sp³-hybridized carbons (Fsp3) is 0.458. The molecule has 1 saturated heterocycles. The molecule has 0 bridgehead atoms. The van der Waals surface area contributed by atoms with Gasteiger partial charge in [-0.15, -0.1) is 0 Å². The molecular weight excluding hydrogens is 482 g/mol. The van der Waals surface area contributed by atoms with E-state index >= 15 is 0 Å². The minimum atomic E-state index is -3.32. The third kappa shape index (κ3) is 5.09. The number of aromatic nitrogens is 4. The fourth-order valence-corrected chi connectivity index (χ4v) is 5.87. The summed E-state index contributed by atoms with van der Waals surface area (Å²) in [6, 6.07) is 4.01. The first-order valence-corrected chi connectivity index (χ1v) is 13.8. The second kappa shape index (κ2) is 9.25. The van der Waals surface area contributed by atoms with Gasteiger partial charge >= 0.3 is 0 Å². The highest BCUT2D eigenvalue weighted by Gasteiger charge is 2.37. The molecule has 190 valence electrons. The molecule has 11 nitrogen and oxygen atoms in total. The van der Waals surface area contributed by atoms with Crippen LogP contribution in [0.1, 0.15) is 37.2 Å². The summed E-state index contributed by atoms with van der Waals surface area (Å²) in [7, 11) is -3.32. The molecule has 4 heterocycles. The Morgan fingerprint density at radius 3 is 2.58 bits per heavy atom. The van der Waals surface area contributed by atoms with Crippen LogP contribution in [-0.4, -0.2) is 59.2 Å². The normalized spacial score (nSPS) is 23.9. The molecular formula is C24H29N7O4S. The number of hydrogen-bond donors (Lipinski definition) is 4. The Bertz CT molecular complexity index is 1340. The quantitative estimate of drug-likeness (QED) is 0.421. The van der Waals surface area contributed by atoms with Crippen LogP contribution in [-0.2, 0) is 19.5 Å². The first-order chi connectivity index (χ1) is 17.4. The van der Waals surface area contributed by atoms with E-state index in [1.807, 2.05) is 37.3 Å². The third-order valence-corrected chi connectivity index (χ3v) is 8.40. The maximum absolute atomic E-state index is 12.3. The number of H-pyrrole nitrogens is 1. The Kier molecular flexibility index (Phi) is 5.92. The molecule has 0 spiro atoms. The van der Waals surface area contributed by atoms with Crippen LogP contribution in [0.5, 0.6) is 0 Å². The number of rotatable bonds is 8. The summed E-state index contributed by atoms with van der Waals surface area (Å²) in [5.74, 6) is 2.80. The Hall–Kier alpha value is -3.38. The fourth-order valence-electron chi connectivity index (χ4n) is 4.49. The van der Waals surface area contributed by atoms with Crippen LogP contribution in [0.3, 0.4) is 0 Å². The van der Waals surface area contributed by atoms with Gasteiger partial charge in [-0.1, -0.05) is 0 Å². The molecule has 2 aliphatic heterocycles.